The fourth-order valence-corrected chi connectivity index (χ4v) is 8.21. The third-order valence-corrected chi connectivity index (χ3v) is 12.2. The minimum absolute atomic E-state index is 0.0430. The van der Waals surface area contributed by atoms with Gasteiger partial charge >= 0.3 is 12.4 Å². The maximum atomic E-state index is 12.7. The van der Waals surface area contributed by atoms with Crippen LogP contribution in [-0.4, -0.2) is 43.8 Å². The molecule has 0 unspecified atom stereocenters. The van der Waals surface area contributed by atoms with Gasteiger partial charge in [-0.25, -0.2) is 35.1 Å². The summed E-state index contributed by atoms with van der Waals surface area (Å²) < 4.78 is 178. The Morgan fingerprint density at radius 1 is 0.438 bits per heavy atom. The third-order valence-electron chi connectivity index (χ3n) is 9.55. The minimum atomic E-state index is -4.54. The summed E-state index contributed by atoms with van der Waals surface area (Å²) in [6.45, 7) is 0. The van der Waals surface area contributed by atoms with E-state index in [1.807, 2.05) is 12.1 Å². The van der Waals surface area contributed by atoms with Crippen LogP contribution >= 0.6 is 139 Å². The van der Waals surface area contributed by atoms with Gasteiger partial charge in [-0.05, 0) is 177 Å². The van der Waals surface area contributed by atoms with Gasteiger partial charge in [0.2, 0.25) is 10.5 Å². The summed E-state index contributed by atoms with van der Waals surface area (Å²) in [6.07, 6.45) is -6.43. The number of alkyl halides is 6. The summed E-state index contributed by atoms with van der Waals surface area (Å²) >= 11 is 63.0. The number of allylic oxidation sites excluding steroid dienone is 1. The largest absolute Gasteiger partial charge is 0.497 e. The van der Waals surface area contributed by atoms with Crippen LogP contribution in [0.1, 0.15) is 74.0 Å². The molecule has 0 aliphatic heterocycles. The predicted octanol–water partition coefficient (Wildman–Crippen LogP) is 21.2. The molecule has 0 aliphatic rings. The first-order valence-corrected chi connectivity index (χ1v) is 26.9. The zero-order chi connectivity index (χ0) is 68.6. The fraction of sp³-hybridized carbons (Fsp3) is 0.0727. The topological polar surface area (TPSA) is 129 Å². The van der Waals surface area contributed by atoms with E-state index in [1.165, 1.54) is 42.5 Å². The summed E-state index contributed by atoms with van der Waals surface area (Å²) in [7, 11) is 1.60. The van der Waals surface area contributed by atoms with E-state index >= 15 is 0 Å². The molecule has 0 atom stereocenters. The molecule has 0 bridgehead atoms. The van der Waals surface area contributed by atoms with Crippen molar-refractivity contribution < 1.29 is 99.8 Å². The van der Waals surface area contributed by atoms with E-state index in [2.05, 4.69) is 0 Å². The van der Waals surface area contributed by atoms with E-state index in [4.69, 9.17) is 144 Å². The van der Waals surface area contributed by atoms with E-state index in [0.29, 0.717) is 11.1 Å². The van der Waals surface area contributed by atoms with Crippen LogP contribution in [0.4, 0.5) is 61.5 Å². The predicted molar refractivity (Wildman–Crippen MR) is 312 cm³/mol. The van der Waals surface area contributed by atoms with Crippen molar-refractivity contribution >= 4 is 182 Å². The van der Waals surface area contributed by atoms with E-state index in [1.54, 1.807) is 19.2 Å². The van der Waals surface area contributed by atoms with Crippen molar-refractivity contribution in [2.45, 2.75) is 18.8 Å². The van der Waals surface area contributed by atoms with Gasteiger partial charge in [0.05, 0.1) is 60.6 Å². The van der Waals surface area contributed by atoms with E-state index in [0.717, 1.165) is 59.9 Å². The molecule has 0 radical (unpaired) electrons. The van der Waals surface area contributed by atoms with E-state index in [-0.39, 0.29) is 54.5 Å². The van der Waals surface area contributed by atoms with Crippen LogP contribution in [0.3, 0.4) is 0 Å². The van der Waals surface area contributed by atoms with Crippen LogP contribution in [0.2, 0.25) is 25.1 Å². The van der Waals surface area contributed by atoms with Gasteiger partial charge in [0.1, 0.15) is 11.6 Å². The number of ether oxygens (including phenoxy) is 1. The molecular weight excluding hydrogens is 1480 g/mol. The molecule has 0 heterocycles. The normalized spacial score (nSPS) is 10.5. The average Bonchev–Trinajstić information content (AvgIpc) is 1.49. The molecule has 8 nitrogen and oxygen atoms in total. The molecule has 0 fully saturated rings. The summed E-state index contributed by atoms with van der Waals surface area (Å²) in [5.74, 6) is -12.0. The van der Waals surface area contributed by atoms with Gasteiger partial charge in [0.15, 0.2) is 40.7 Å². The Hall–Kier alpha value is -5.73. The molecule has 7 rings (SSSR count). The van der Waals surface area contributed by atoms with Crippen LogP contribution in [-0.2, 0) is 28.4 Å². The fourth-order valence-electron chi connectivity index (χ4n) is 5.58. The quantitative estimate of drug-likeness (QED) is 0.0435. The van der Waals surface area contributed by atoms with Crippen molar-refractivity contribution in [3.8, 4) is 5.75 Å². The van der Waals surface area contributed by atoms with Crippen molar-refractivity contribution in [2.24, 2.45) is 0 Å². The van der Waals surface area contributed by atoms with Crippen molar-refractivity contribution in [1.29, 1.82) is 0 Å². The number of benzene rings is 7. The molecule has 7 aromatic rings. The number of methoxy groups -OCH3 is 1. The second-order valence-corrected chi connectivity index (χ2v) is 20.2. The van der Waals surface area contributed by atoms with Gasteiger partial charge in [0.25, 0.3) is 26.2 Å². The highest BCUT2D eigenvalue weighted by Gasteiger charge is 2.34. The molecule has 34 heteroatoms. The van der Waals surface area contributed by atoms with Crippen molar-refractivity contribution in [3.63, 3.8) is 0 Å². The molecule has 476 valence electrons. The Morgan fingerprint density at radius 2 is 0.933 bits per heavy atom. The van der Waals surface area contributed by atoms with Crippen LogP contribution in [0.15, 0.2) is 121 Å². The van der Waals surface area contributed by atoms with Gasteiger partial charge in [0, 0.05) is 17.0 Å². The maximum absolute atomic E-state index is 12.7. The zero-order valence-electron chi connectivity index (χ0n) is 42.9. The lowest BCUT2D eigenvalue weighted by Gasteiger charge is -2.08. The van der Waals surface area contributed by atoms with Crippen LogP contribution in [0.5, 0.6) is 5.75 Å². The lowest BCUT2D eigenvalue weighted by molar-refractivity contribution is -0.138. The van der Waals surface area contributed by atoms with Crippen LogP contribution < -0.4 is 4.74 Å². The SMILES string of the molecule is COc1ccc(CC(=O)Cl)cc1.O=C(Cl)C=Cc1cccc(C(F)(F)F)c1.O=C(Cl)c1c(Cl)cc(Cl)cc1Cl.O=C(Cl)c1cc(F)c(Cl)cc1Cl.O=C(Cl)c1cc(F)c(F)c(F)c1F.O=C(Cl)c1ccc(F)c(F)c1F.O=C(Cl)c1ccccc1C(F)(F)F. The highest BCUT2D eigenvalue weighted by Crippen LogP contribution is 2.34. The van der Waals surface area contributed by atoms with Gasteiger partial charge in [-0.1, -0.05) is 100 Å². The molecule has 0 amide bonds. The Labute approximate surface area is 552 Å². The number of hydrogen-bond donors (Lipinski definition) is 0. The molecule has 0 spiro atoms. The van der Waals surface area contributed by atoms with Gasteiger partial charge in [-0.3, -0.25) is 33.6 Å². The molecule has 0 saturated carbocycles. The average molecular weight is 1510 g/mol. The second kappa shape index (κ2) is 38.2. The van der Waals surface area contributed by atoms with Gasteiger partial charge < -0.3 is 4.74 Å². The number of rotatable bonds is 10. The third kappa shape index (κ3) is 28.1. The van der Waals surface area contributed by atoms with Crippen molar-refractivity contribution in [2.75, 3.05) is 7.11 Å². The lowest BCUT2D eigenvalue weighted by Crippen LogP contribution is -2.10. The molecule has 0 aliphatic carbocycles. The van der Waals surface area contributed by atoms with Crippen molar-refractivity contribution in [3.05, 3.63) is 243 Å². The molecule has 0 saturated heterocycles. The zero-order valence-corrected chi connectivity index (χ0v) is 52.0. The summed E-state index contributed by atoms with van der Waals surface area (Å²) in [5, 5.41) is -5.64. The molecule has 0 N–H and O–H groups in total. The summed E-state index contributed by atoms with van der Waals surface area (Å²) in [4.78, 5) is 73.5. The van der Waals surface area contributed by atoms with E-state index < -0.39 is 118 Å². The van der Waals surface area contributed by atoms with Crippen molar-refractivity contribution in [1.82, 2.24) is 0 Å². The first-order valence-electron chi connectivity index (χ1n) is 22.3. The molecule has 7 aromatic carbocycles. The van der Waals surface area contributed by atoms with Gasteiger partial charge in [-0.2, -0.15) is 26.3 Å². The first-order chi connectivity index (χ1) is 41.1. The number of halogens is 26. The second-order valence-electron chi connectivity index (χ2n) is 15.6. The Balaban J connectivity index is 0.000000520. The van der Waals surface area contributed by atoms with E-state index in [9.17, 15) is 95.0 Å². The minimum Gasteiger partial charge on any atom is -0.497 e. The van der Waals surface area contributed by atoms with Crippen LogP contribution in [0.25, 0.3) is 6.08 Å². The summed E-state index contributed by atoms with van der Waals surface area (Å²) in [6, 6.07) is 22.7. The molecular formula is C55H26Cl12F14O8. The monoisotopic (exact) mass is 1500 g/mol. The Bertz CT molecular complexity index is 3710. The maximum Gasteiger partial charge on any atom is 0.417 e. The Kier molecular flexibility index (Phi) is 34.9. The molecule has 89 heavy (non-hydrogen) atoms. The lowest BCUT2D eigenvalue weighted by atomic mass is 10.1. The van der Waals surface area contributed by atoms with Crippen LogP contribution in [0, 0.1) is 46.5 Å². The highest BCUT2D eigenvalue weighted by atomic mass is 35.5. The highest BCUT2D eigenvalue weighted by molar-refractivity contribution is 6.70. The first kappa shape index (κ1) is 81.3. The summed E-state index contributed by atoms with van der Waals surface area (Å²) in [5.41, 5.74) is -2.80. The molecule has 0 aromatic heterocycles. The standard InChI is InChI=1S/C10H6ClF3O.C9H9ClO2.C8H4ClF3O.C7H2Cl4O.C7H2Cl3FO.C7HClF4O.C7H2ClF3O/c11-9(15)5-4-7-2-1-3-8(6-7)10(12,13)14;1-12-8-4-2-7(3-5-8)6-9(10)11;9-7(13)5-3-1-2-4-6(5)8(10,11)12;8-3-1-4(9)6(7(11)12)5(10)2-3;8-4-2-5(9)6(11)1-3(4)7(10)12;8-7(13)2-1-3(9)5(11)6(12)4(2)10;8-7(12)3-1-2-4(9)6(11)5(3)10/h1-6H;2-5H,6H2,1H3;1-4H;2*1-2H;1H;1-2H. The number of hydrogen-bond acceptors (Lipinski definition) is 8. The Morgan fingerprint density at radius 3 is 1.38 bits per heavy atom. The smallest absolute Gasteiger partial charge is 0.417 e. The number of carbonyl (C=O) groups excluding carboxylic acids is 7. The van der Waals surface area contributed by atoms with Gasteiger partial charge in [-0.15, -0.1) is 0 Å². The number of carbonyl (C=O) groups is 7.